The Labute approximate surface area is 198 Å². The second-order valence-corrected chi connectivity index (χ2v) is 7.40. The van der Waals surface area contributed by atoms with Gasteiger partial charge in [0.15, 0.2) is 5.96 Å². The van der Waals surface area contributed by atoms with Gasteiger partial charge < -0.3 is 15.5 Å². The summed E-state index contributed by atoms with van der Waals surface area (Å²) in [4.78, 5) is 14.1. The molecule has 3 rings (SSSR count). The van der Waals surface area contributed by atoms with E-state index in [4.69, 9.17) is 0 Å². The fourth-order valence-corrected chi connectivity index (χ4v) is 3.52. The minimum Gasteiger partial charge on any atom is -0.357 e. The van der Waals surface area contributed by atoms with E-state index in [2.05, 4.69) is 67.7 Å². The van der Waals surface area contributed by atoms with Gasteiger partial charge in [-0.3, -0.25) is 9.88 Å². The number of halogens is 1. The molecule has 164 valence electrons. The van der Waals surface area contributed by atoms with Crippen molar-refractivity contribution in [2.45, 2.75) is 26.4 Å². The highest BCUT2D eigenvalue weighted by Gasteiger charge is 2.16. The van der Waals surface area contributed by atoms with Crippen LogP contribution in [0.2, 0.25) is 0 Å². The van der Waals surface area contributed by atoms with E-state index in [0.717, 1.165) is 70.4 Å². The molecule has 0 bridgehead atoms. The Morgan fingerprint density at radius 3 is 2.40 bits per heavy atom. The number of hydrogen-bond donors (Lipinski definition) is 2. The van der Waals surface area contributed by atoms with Gasteiger partial charge in [0.25, 0.3) is 0 Å². The summed E-state index contributed by atoms with van der Waals surface area (Å²) < 4.78 is 0. The second-order valence-electron chi connectivity index (χ2n) is 7.40. The topological polar surface area (TPSA) is 55.8 Å². The number of piperazine rings is 1. The highest BCUT2D eigenvalue weighted by atomic mass is 127. The van der Waals surface area contributed by atoms with E-state index < -0.39 is 0 Å². The summed E-state index contributed by atoms with van der Waals surface area (Å²) in [6.07, 6.45) is 2.93. The van der Waals surface area contributed by atoms with Crippen LogP contribution < -0.4 is 10.6 Å². The molecular weight excluding hydrogens is 487 g/mol. The molecule has 1 aliphatic rings. The Hall–Kier alpha value is -1.71. The Bertz CT molecular complexity index is 717. The van der Waals surface area contributed by atoms with Crippen LogP contribution in [0.4, 0.5) is 0 Å². The average molecular weight is 522 g/mol. The van der Waals surface area contributed by atoms with Gasteiger partial charge in [0.1, 0.15) is 0 Å². The van der Waals surface area contributed by atoms with E-state index in [9.17, 15) is 0 Å². The van der Waals surface area contributed by atoms with E-state index >= 15 is 0 Å². The molecule has 30 heavy (non-hydrogen) atoms. The number of nitrogens with zero attached hydrogens (tertiary/aromatic N) is 4. The molecule has 0 amide bonds. The standard InChI is InChI=1S/C23H34N6.HI/c1-2-24-23(27-19-22-11-6-7-12-25-22)26-13-8-14-28-15-17-29(18-16-28)20-21-9-4-3-5-10-21;/h3-7,9-12H,2,8,13-20H2,1H3,(H2,24,26,27);1H. The molecule has 7 heteroatoms. The minimum atomic E-state index is 0. The molecule has 1 fully saturated rings. The lowest BCUT2D eigenvalue weighted by Gasteiger charge is -2.34. The molecule has 2 heterocycles. The molecular formula is C23H35IN6. The van der Waals surface area contributed by atoms with Gasteiger partial charge in [0.05, 0.1) is 12.2 Å². The molecule has 2 N–H and O–H groups in total. The van der Waals surface area contributed by atoms with Crippen molar-refractivity contribution in [2.75, 3.05) is 45.8 Å². The van der Waals surface area contributed by atoms with Crippen molar-refractivity contribution in [1.29, 1.82) is 0 Å². The Morgan fingerprint density at radius 2 is 1.70 bits per heavy atom. The van der Waals surface area contributed by atoms with Crippen LogP contribution in [0.25, 0.3) is 0 Å². The zero-order chi connectivity index (χ0) is 20.2. The van der Waals surface area contributed by atoms with Crippen LogP contribution in [0.1, 0.15) is 24.6 Å². The Kier molecular flexibility index (Phi) is 11.7. The molecule has 0 aliphatic carbocycles. The number of aromatic nitrogens is 1. The van der Waals surface area contributed by atoms with Gasteiger partial charge >= 0.3 is 0 Å². The first-order valence-electron chi connectivity index (χ1n) is 10.7. The third-order valence-corrected chi connectivity index (χ3v) is 5.13. The van der Waals surface area contributed by atoms with Crippen molar-refractivity contribution in [3.8, 4) is 0 Å². The maximum absolute atomic E-state index is 4.63. The summed E-state index contributed by atoms with van der Waals surface area (Å²) in [5, 5.41) is 6.76. The fourth-order valence-electron chi connectivity index (χ4n) is 3.52. The van der Waals surface area contributed by atoms with Gasteiger partial charge in [-0.1, -0.05) is 36.4 Å². The molecule has 1 aliphatic heterocycles. The lowest BCUT2D eigenvalue weighted by molar-refractivity contribution is 0.126. The van der Waals surface area contributed by atoms with E-state index in [1.54, 1.807) is 0 Å². The van der Waals surface area contributed by atoms with Crippen molar-refractivity contribution < 1.29 is 0 Å². The first-order chi connectivity index (χ1) is 14.3. The Balaban J connectivity index is 0.00000320. The number of pyridine rings is 1. The molecule has 0 saturated carbocycles. The van der Waals surface area contributed by atoms with Gasteiger partial charge in [-0.2, -0.15) is 0 Å². The van der Waals surface area contributed by atoms with Crippen LogP contribution in [0.5, 0.6) is 0 Å². The minimum absolute atomic E-state index is 0. The summed E-state index contributed by atoms with van der Waals surface area (Å²) in [5.74, 6) is 0.867. The van der Waals surface area contributed by atoms with E-state index in [1.165, 1.54) is 5.56 Å². The summed E-state index contributed by atoms with van der Waals surface area (Å²) >= 11 is 0. The monoisotopic (exact) mass is 522 g/mol. The normalized spacial score (nSPS) is 15.4. The molecule has 0 unspecified atom stereocenters. The van der Waals surface area contributed by atoms with E-state index in [-0.39, 0.29) is 24.0 Å². The van der Waals surface area contributed by atoms with Crippen molar-refractivity contribution in [3.63, 3.8) is 0 Å². The summed E-state index contributed by atoms with van der Waals surface area (Å²) in [6.45, 7) is 11.3. The van der Waals surface area contributed by atoms with E-state index in [0.29, 0.717) is 6.54 Å². The predicted octanol–water partition coefficient (Wildman–Crippen LogP) is 2.96. The molecule has 1 saturated heterocycles. The number of rotatable bonds is 9. The molecule has 1 aromatic heterocycles. The molecule has 1 aromatic carbocycles. The smallest absolute Gasteiger partial charge is 0.191 e. The molecule has 2 aromatic rings. The predicted molar refractivity (Wildman–Crippen MR) is 135 cm³/mol. The summed E-state index contributed by atoms with van der Waals surface area (Å²) in [5.41, 5.74) is 2.39. The maximum atomic E-state index is 4.63. The van der Waals surface area contributed by atoms with Crippen LogP contribution in [-0.4, -0.2) is 66.6 Å². The van der Waals surface area contributed by atoms with E-state index in [1.807, 2.05) is 24.4 Å². The molecule has 0 spiro atoms. The van der Waals surface area contributed by atoms with Gasteiger partial charge in [0.2, 0.25) is 0 Å². The first kappa shape index (κ1) is 24.6. The van der Waals surface area contributed by atoms with Gasteiger partial charge in [-0.05, 0) is 37.6 Å². The van der Waals surface area contributed by atoms with Crippen LogP contribution in [0.3, 0.4) is 0 Å². The van der Waals surface area contributed by atoms with Crippen LogP contribution >= 0.6 is 24.0 Å². The van der Waals surface area contributed by atoms with Crippen molar-refractivity contribution in [2.24, 2.45) is 4.99 Å². The fraction of sp³-hybridized carbons (Fsp3) is 0.478. The third kappa shape index (κ3) is 8.97. The van der Waals surface area contributed by atoms with Crippen LogP contribution in [-0.2, 0) is 13.1 Å². The number of nitrogens with one attached hydrogen (secondary N) is 2. The highest BCUT2D eigenvalue weighted by molar-refractivity contribution is 14.0. The maximum Gasteiger partial charge on any atom is 0.191 e. The van der Waals surface area contributed by atoms with Crippen LogP contribution in [0.15, 0.2) is 59.7 Å². The highest BCUT2D eigenvalue weighted by Crippen LogP contribution is 2.08. The summed E-state index contributed by atoms with van der Waals surface area (Å²) in [7, 11) is 0. The van der Waals surface area contributed by atoms with Crippen molar-refractivity contribution in [3.05, 3.63) is 66.0 Å². The average Bonchev–Trinajstić information content (AvgIpc) is 2.77. The zero-order valence-electron chi connectivity index (χ0n) is 18.0. The van der Waals surface area contributed by atoms with Crippen LogP contribution in [0, 0.1) is 0 Å². The largest absolute Gasteiger partial charge is 0.357 e. The third-order valence-electron chi connectivity index (χ3n) is 5.13. The van der Waals surface area contributed by atoms with Crippen molar-refractivity contribution in [1.82, 2.24) is 25.4 Å². The SMILES string of the molecule is CCNC(=NCc1ccccn1)NCCCN1CCN(Cc2ccccc2)CC1.I. The lowest BCUT2D eigenvalue weighted by atomic mass is 10.2. The van der Waals surface area contributed by atoms with Gasteiger partial charge in [-0.25, -0.2) is 4.99 Å². The second kappa shape index (κ2) is 14.3. The first-order valence-corrected chi connectivity index (χ1v) is 10.7. The zero-order valence-corrected chi connectivity index (χ0v) is 20.3. The number of benzene rings is 1. The number of aliphatic imine (C=N–C) groups is 1. The Morgan fingerprint density at radius 1 is 0.967 bits per heavy atom. The molecule has 0 radical (unpaired) electrons. The number of hydrogen-bond acceptors (Lipinski definition) is 4. The molecule has 6 nitrogen and oxygen atoms in total. The lowest BCUT2D eigenvalue weighted by Crippen LogP contribution is -2.46. The molecule has 0 atom stereocenters. The summed E-state index contributed by atoms with van der Waals surface area (Å²) in [6, 6.07) is 16.7. The quantitative estimate of drug-likeness (QED) is 0.230. The number of guanidine groups is 1. The van der Waals surface area contributed by atoms with Gasteiger partial charge in [-0.15, -0.1) is 24.0 Å². The van der Waals surface area contributed by atoms with Gasteiger partial charge in [0, 0.05) is 52.0 Å². The van der Waals surface area contributed by atoms with Crippen molar-refractivity contribution >= 4 is 29.9 Å².